The van der Waals surface area contributed by atoms with Crippen LogP contribution in [0.15, 0.2) is 36.0 Å². The lowest BCUT2D eigenvalue weighted by molar-refractivity contribution is 0.0946. The molecule has 3 aromatic rings. The molecule has 0 aliphatic rings. The van der Waals surface area contributed by atoms with Crippen molar-refractivity contribution in [3.63, 3.8) is 0 Å². The SMILES string of the molecule is Cc1cnc(C(=O)NCCn2nc(-c3cccs3)cc2C)cn1. The first-order chi connectivity index (χ1) is 11.1. The highest BCUT2D eigenvalue weighted by Gasteiger charge is 2.09. The predicted octanol–water partition coefficient (Wildman–Crippen LogP) is 2.45. The second-order valence-electron chi connectivity index (χ2n) is 5.17. The fourth-order valence-electron chi connectivity index (χ4n) is 2.16. The molecule has 118 valence electrons. The lowest BCUT2D eigenvalue weighted by Gasteiger charge is -2.06. The van der Waals surface area contributed by atoms with Crippen LogP contribution in [0, 0.1) is 13.8 Å². The van der Waals surface area contributed by atoms with Crippen LogP contribution in [-0.4, -0.2) is 32.2 Å². The number of aryl methyl sites for hydroxylation is 2. The lowest BCUT2D eigenvalue weighted by Crippen LogP contribution is -2.28. The number of amides is 1. The summed E-state index contributed by atoms with van der Waals surface area (Å²) in [5.74, 6) is -0.221. The summed E-state index contributed by atoms with van der Waals surface area (Å²) in [5, 5.41) is 9.45. The van der Waals surface area contributed by atoms with Crippen molar-refractivity contribution in [3.05, 3.63) is 53.1 Å². The van der Waals surface area contributed by atoms with E-state index in [1.165, 1.54) is 6.20 Å². The summed E-state index contributed by atoms with van der Waals surface area (Å²) in [6.07, 6.45) is 3.07. The minimum atomic E-state index is -0.221. The third-order valence-corrected chi connectivity index (χ3v) is 4.27. The van der Waals surface area contributed by atoms with Gasteiger partial charge in [-0.2, -0.15) is 5.10 Å². The largest absolute Gasteiger partial charge is 0.349 e. The predicted molar refractivity (Wildman–Crippen MR) is 89.4 cm³/mol. The van der Waals surface area contributed by atoms with E-state index >= 15 is 0 Å². The summed E-state index contributed by atoms with van der Waals surface area (Å²) in [5.41, 5.74) is 3.15. The molecule has 0 saturated carbocycles. The first-order valence-corrected chi connectivity index (χ1v) is 8.16. The molecule has 0 bridgehead atoms. The van der Waals surface area contributed by atoms with Gasteiger partial charge in [0.25, 0.3) is 5.91 Å². The van der Waals surface area contributed by atoms with E-state index in [0.717, 1.165) is 22.0 Å². The second-order valence-corrected chi connectivity index (χ2v) is 6.12. The van der Waals surface area contributed by atoms with Crippen molar-refractivity contribution in [2.24, 2.45) is 0 Å². The molecule has 23 heavy (non-hydrogen) atoms. The van der Waals surface area contributed by atoms with Crippen LogP contribution in [0.25, 0.3) is 10.6 Å². The lowest BCUT2D eigenvalue weighted by atomic mass is 10.3. The molecule has 3 aromatic heterocycles. The molecule has 3 heterocycles. The third kappa shape index (κ3) is 3.62. The number of thiophene rings is 1. The van der Waals surface area contributed by atoms with Gasteiger partial charge < -0.3 is 5.32 Å². The van der Waals surface area contributed by atoms with Gasteiger partial charge in [0.2, 0.25) is 0 Å². The smallest absolute Gasteiger partial charge is 0.271 e. The molecular weight excluding hydrogens is 310 g/mol. The van der Waals surface area contributed by atoms with Crippen molar-refractivity contribution in [3.8, 4) is 10.6 Å². The Balaban J connectivity index is 1.58. The van der Waals surface area contributed by atoms with Crippen LogP contribution in [-0.2, 0) is 6.54 Å². The van der Waals surface area contributed by atoms with Gasteiger partial charge in [0.05, 0.1) is 23.3 Å². The Morgan fingerprint density at radius 3 is 2.87 bits per heavy atom. The van der Waals surface area contributed by atoms with Crippen molar-refractivity contribution < 1.29 is 4.79 Å². The molecule has 7 heteroatoms. The topological polar surface area (TPSA) is 72.7 Å². The maximum atomic E-state index is 12.0. The van der Waals surface area contributed by atoms with Crippen molar-refractivity contribution in [2.75, 3.05) is 6.54 Å². The van der Waals surface area contributed by atoms with E-state index in [2.05, 4.69) is 32.5 Å². The van der Waals surface area contributed by atoms with E-state index in [1.54, 1.807) is 17.5 Å². The number of carbonyl (C=O) groups excluding carboxylic acids is 1. The zero-order valence-electron chi connectivity index (χ0n) is 13.0. The van der Waals surface area contributed by atoms with Crippen molar-refractivity contribution >= 4 is 17.2 Å². The monoisotopic (exact) mass is 327 g/mol. The van der Waals surface area contributed by atoms with E-state index in [0.29, 0.717) is 18.8 Å². The average Bonchev–Trinajstić information content (AvgIpc) is 3.18. The van der Waals surface area contributed by atoms with Crippen LogP contribution in [0.2, 0.25) is 0 Å². The normalized spacial score (nSPS) is 10.7. The van der Waals surface area contributed by atoms with Gasteiger partial charge in [0.1, 0.15) is 11.4 Å². The highest BCUT2D eigenvalue weighted by Crippen LogP contribution is 2.23. The maximum absolute atomic E-state index is 12.0. The highest BCUT2D eigenvalue weighted by atomic mass is 32.1. The summed E-state index contributed by atoms with van der Waals surface area (Å²) < 4.78 is 1.90. The fraction of sp³-hybridized carbons (Fsp3) is 0.250. The van der Waals surface area contributed by atoms with Gasteiger partial charge in [-0.3, -0.25) is 14.5 Å². The molecule has 3 rings (SSSR count). The summed E-state index contributed by atoms with van der Waals surface area (Å²) in [6, 6.07) is 6.12. The summed E-state index contributed by atoms with van der Waals surface area (Å²) >= 11 is 1.66. The third-order valence-electron chi connectivity index (χ3n) is 3.38. The van der Waals surface area contributed by atoms with Gasteiger partial charge >= 0.3 is 0 Å². The molecule has 0 saturated heterocycles. The van der Waals surface area contributed by atoms with E-state index in [4.69, 9.17) is 0 Å². The molecule has 6 nitrogen and oxygen atoms in total. The number of hydrogen-bond acceptors (Lipinski definition) is 5. The van der Waals surface area contributed by atoms with Gasteiger partial charge in [0, 0.05) is 18.4 Å². The molecule has 0 aliphatic heterocycles. The van der Waals surface area contributed by atoms with E-state index < -0.39 is 0 Å². The Kier molecular flexibility index (Phi) is 4.47. The van der Waals surface area contributed by atoms with Crippen molar-refractivity contribution in [2.45, 2.75) is 20.4 Å². The molecule has 1 N–H and O–H groups in total. The molecule has 0 spiro atoms. The van der Waals surface area contributed by atoms with Gasteiger partial charge in [-0.05, 0) is 31.4 Å². The number of carbonyl (C=O) groups is 1. The van der Waals surface area contributed by atoms with Crippen LogP contribution >= 0.6 is 11.3 Å². The molecule has 0 aliphatic carbocycles. The van der Waals surface area contributed by atoms with Crippen LogP contribution in [0.4, 0.5) is 0 Å². The molecular formula is C16H17N5OS. The first kappa shape index (κ1) is 15.4. The number of aromatic nitrogens is 4. The Labute approximate surface area is 138 Å². The van der Waals surface area contributed by atoms with Crippen molar-refractivity contribution in [1.82, 2.24) is 25.1 Å². The van der Waals surface area contributed by atoms with E-state index in [1.807, 2.05) is 30.0 Å². The Bertz CT molecular complexity index is 793. The molecule has 0 atom stereocenters. The Morgan fingerprint density at radius 1 is 1.30 bits per heavy atom. The summed E-state index contributed by atoms with van der Waals surface area (Å²) in [6.45, 7) is 4.95. The molecule has 0 fully saturated rings. The summed E-state index contributed by atoms with van der Waals surface area (Å²) in [4.78, 5) is 21.3. The molecule has 0 radical (unpaired) electrons. The standard InChI is InChI=1S/C16H17N5OS/c1-11-9-19-14(10-18-11)16(22)17-5-6-21-12(2)8-13(20-21)15-4-3-7-23-15/h3-4,7-10H,5-6H2,1-2H3,(H,17,22). The number of nitrogens with one attached hydrogen (secondary N) is 1. The Morgan fingerprint density at radius 2 is 2.17 bits per heavy atom. The minimum absolute atomic E-state index is 0.221. The average molecular weight is 327 g/mol. The number of nitrogens with zero attached hydrogens (tertiary/aromatic N) is 4. The van der Waals surface area contributed by atoms with Crippen LogP contribution in [0.5, 0.6) is 0 Å². The Hall–Kier alpha value is -2.54. The molecule has 0 unspecified atom stereocenters. The number of hydrogen-bond donors (Lipinski definition) is 1. The zero-order valence-corrected chi connectivity index (χ0v) is 13.8. The van der Waals surface area contributed by atoms with Crippen LogP contribution < -0.4 is 5.32 Å². The van der Waals surface area contributed by atoms with Gasteiger partial charge in [0.15, 0.2) is 0 Å². The maximum Gasteiger partial charge on any atom is 0.271 e. The van der Waals surface area contributed by atoms with E-state index in [-0.39, 0.29) is 5.91 Å². The first-order valence-electron chi connectivity index (χ1n) is 7.28. The quantitative estimate of drug-likeness (QED) is 0.781. The van der Waals surface area contributed by atoms with Crippen LogP contribution in [0.1, 0.15) is 21.9 Å². The second kappa shape index (κ2) is 6.70. The van der Waals surface area contributed by atoms with Gasteiger partial charge in [-0.15, -0.1) is 11.3 Å². The zero-order chi connectivity index (χ0) is 16.2. The van der Waals surface area contributed by atoms with Gasteiger partial charge in [-0.1, -0.05) is 6.07 Å². The number of rotatable bonds is 5. The van der Waals surface area contributed by atoms with Crippen LogP contribution in [0.3, 0.4) is 0 Å². The highest BCUT2D eigenvalue weighted by molar-refractivity contribution is 7.13. The minimum Gasteiger partial charge on any atom is -0.349 e. The van der Waals surface area contributed by atoms with E-state index in [9.17, 15) is 4.79 Å². The molecule has 0 aromatic carbocycles. The molecule has 1 amide bonds. The van der Waals surface area contributed by atoms with Crippen molar-refractivity contribution in [1.29, 1.82) is 0 Å². The van der Waals surface area contributed by atoms with Gasteiger partial charge in [-0.25, -0.2) is 4.98 Å². The summed E-state index contributed by atoms with van der Waals surface area (Å²) in [7, 11) is 0. The fourth-order valence-corrected chi connectivity index (χ4v) is 2.84.